The van der Waals surface area contributed by atoms with Crippen LogP contribution >= 0.6 is 30.1 Å². The summed E-state index contributed by atoms with van der Waals surface area (Å²) in [4.78, 5) is 0. The second-order valence-electron chi connectivity index (χ2n) is 0.175. The average molecular weight is 266 g/mol. The van der Waals surface area contributed by atoms with Crippen molar-refractivity contribution in [3.63, 3.8) is 0 Å². The second-order valence-corrected chi connectivity index (χ2v) is 6.49. The Balaban J connectivity index is -0.00000000300. The molecule has 0 saturated carbocycles. The minimum atomic E-state index is -1.62. The molecule has 10 heteroatoms. The van der Waals surface area contributed by atoms with Crippen LogP contribution in [0.25, 0.3) is 0 Å². The van der Waals surface area contributed by atoms with Crippen molar-refractivity contribution < 1.29 is 44.2 Å². The van der Waals surface area contributed by atoms with Gasteiger partial charge in [-0.2, -0.15) is 0 Å². The van der Waals surface area contributed by atoms with Crippen LogP contribution in [0, 0.1) is 0 Å². The Morgan fingerprint density at radius 3 is 0.500 bits per heavy atom. The first-order chi connectivity index (χ1) is 1.73. The SMILES string of the molecule is O.O.O.O.O.O.[Cl][Cr]([Cl])[Cl]. The van der Waals surface area contributed by atoms with Crippen molar-refractivity contribution >= 4 is 30.1 Å². The van der Waals surface area contributed by atoms with Crippen molar-refractivity contribution in [3.05, 3.63) is 0 Å². The number of halogens is 3. The van der Waals surface area contributed by atoms with Crippen LogP contribution < -0.4 is 0 Å². The Kier molecular flexibility index (Phi) is 328. The van der Waals surface area contributed by atoms with Gasteiger partial charge in [0.25, 0.3) is 0 Å². The Bertz CT molecular complexity index is 17.7. The van der Waals surface area contributed by atoms with Crippen molar-refractivity contribution in [1.82, 2.24) is 0 Å². The Morgan fingerprint density at radius 2 is 0.500 bits per heavy atom. The summed E-state index contributed by atoms with van der Waals surface area (Å²) in [6.07, 6.45) is 0. The molecule has 0 heterocycles. The molecule has 0 aliphatic carbocycles. The van der Waals surface area contributed by atoms with Gasteiger partial charge < -0.3 is 32.9 Å². The quantitative estimate of drug-likeness (QED) is 0.435. The Morgan fingerprint density at radius 1 is 0.500 bits per heavy atom. The van der Waals surface area contributed by atoms with Gasteiger partial charge in [-0.3, -0.25) is 0 Å². The second kappa shape index (κ2) is 49.2. The van der Waals surface area contributed by atoms with Crippen molar-refractivity contribution in [3.8, 4) is 0 Å². The van der Waals surface area contributed by atoms with E-state index in [0.29, 0.717) is 0 Å². The number of hydrogen-bond acceptors (Lipinski definition) is 0. The predicted octanol–water partition coefficient (Wildman–Crippen LogP) is -2.88. The van der Waals surface area contributed by atoms with Crippen LogP contribution in [0.3, 0.4) is 0 Å². The summed E-state index contributed by atoms with van der Waals surface area (Å²) in [6, 6.07) is 0. The van der Waals surface area contributed by atoms with Gasteiger partial charge in [0.15, 0.2) is 0 Å². The fraction of sp³-hybridized carbons (Fsp3) is 0. The molecular formula is H12Cl3CrO6. The molecule has 6 nitrogen and oxygen atoms in total. The zero-order chi connectivity index (χ0) is 3.58. The van der Waals surface area contributed by atoms with Crippen LogP contribution in [0.15, 0.2) is 0 Å². The molecule has 0 unspecified atom stereocenters. The maximum atomic E-state index is 4.93. The molecule has 0 bridgehead atoms. The molecule has 0 atom stereocenters. The van der Waals surface area contributed by atoms with Crippen molar-refractivity contribution in [2.75, 3.05) is 0 Å². The van der Waals surface area contributed by atoms with E-state index in [1.165, 1.54) is 0 Å². The van der Waals surface area contributed by atoms with Crippen LogP contribution in [-0.2, 0) is 11.4 Å². The van der Waals surface area contributed by atoms with Crippen molar-refractivity contribution in [2.24, 2.45) is 0 Å². The third-order valence-electron chi connectivity index (χ3n) is 0. The molecule has 75 valence electrons. The fourth-order valence-electron chi connectivity index (χ4n) is 0. The number of hydrogen-bond donors (Lipinski definition) is 0. The topological polar surface area (TPSA) is 189 Å². The molecule has 0 spiro atoms. The Hall–Kier alpha value is 1.16. The van der Waals surface area contributed by atoms with E-state index in [2.05, 4.69) is 0 Å². The molecule has 0 saturated heterocycles. The van der Waals surface area contributed by atoms with E-state index in [9.17, 15) is 0 Å². The first-order valence-corrected chi connectivity index (χ1v) is 5.73. The fourth-order valence-corrected chi connectivity index (χ4v) is 0. The van der Waals surface area contributed by atoms with E-state index in [1.807, 2.05) is 0 Å². The predicted molar refractivity (Wildman–Crippen MR) is 39.2 cm³/mol. The van der Waals surface area contributed by atoms with E-state index >= 15 is 0 Å². The summed E-state index contributed by atoms with van der Waals surface area (Å²) < 4.78 is 0. The van der Waals surface area contributed by atoms with Gasteiger partial charge in [-0.1, -0.05) is 0 Å². The molecule has 0 rings (SSSR count). The van der Waals surface area contributed by atoms with Crippen LogP contribution in [0.5, 0.6) is 0 Å². The molecule has 0 fully saturated rings. The van der Waals surface area contributed by atoms with Crippen LogP contribution in [0.1, 0.15) is 0 Å². The molecule has 0 aliphatic heterocycles. The van der Waals surface area contributed by atoms with E-state index in [1.54, 1.807) is 0 Å². The van der Waals surface area contributed by atoms with Gasteiger partial charge in [0, 0.05) is 0 Å². The van der Waals surface area contributed by atoms with Crippen molar-refractivity contribution in [1.29, 1.82) is 0 Å². The summed E-state index contributed by atoms with van der Waals surface area (Å²) in [5.74, 6) is 0. The normalized spacial score (nSPS) is 3.60. The zero-order valence-corrected chi connectivity index (χ0v) is 8.08. The van der Waals surface area contributed by atoms with Crippen LogP contribution in [0.4, 0.5) is 0 Å². The molecular weight excluding hydrogens is 254 g/mol. The monoisotopic (exact) mass is 265 g/mol. The van der Waals surface area contributed by atoms with E-state index in [-0.39, 0.29) is 32.9 Å². The average Bonchev–Trinajstić information content (AvgIpc) is 0.811. The summed E-state index contributed by atoms with van der Waals surface area (Å²) in [6.45, 7) is 0. The third kappa shape index (κ3) is 452. The van der Waals surface area contributed by atoms with Gasteiger partial charge in [0.2, 0.25) is 0 Å². The molecule has 0 aliphatic rings. The standard InChI is InChI=1S/3ClH.Cr.6H2O/h3*1H;;6*1H2/q;;;+3;;;;;;/p-3. The van der Waals surface area contributed by atoms with E-state index in [4.69, 9.17) is 30.1 Å². The number of rotatable bonds is 0. The molecule has 10 heavy (non-hydrogen) atoms. The van der Waals surface area contributed by atoms with Gasteiger partial charge in [-0.15, -0.1) is 0 Å². The van der Waals surface area contributed by atoms with Crippen LogP contribution in [0.2, 0.25) is 0 Å². The molecule has 0 amide bonds. The van der Waals surface area contributed by atoms with Gasteiger partial charge in [-0.05, 0) is 0 Å². The molecule has 0 aromatic carbocycles. The maximum absolute atomic E-state index is 4.93. The minimum absolute atomic E-state index is 0. The Labute approximate surface area is 74.5 Å². The summed E-state index contributed by atoms with van der Waals surface area (Å²) in [7, 11) is 14.8. The van der Waals surface area contributed by atoms with E-state index < -0.39 is 11.4 Å². The van der Waals surface area contributed by atoms with Gasteiger partial charge in [-0.25, -0.2) is 0 Å². The van der Waals surface area contributed by atoms with Gasteiger partial charge >= 0.3 is 41.5 Å². The molecule has 0 aromatic rings. The summed E-state index contributed by atoms with van der Waals surface area (Å²) in [5, 5.41) is 0. The van der Waals surface area contributed by atoms with Crippen molar-refractivity contribution in [2.45, 2.75) is 0 Å². The van der Waals surface area contributed by atoms with Gasteiger partial charge in [0.05, 0.1) is 0 Å². The molecule has 12 N–H and O–H groups in total. The first-order valence-electron chi connectivity index (χ1n) is 0.463. The van der Waals surface area contributed by atoms with E-state index in [0.717, 1.165) is 0 Å². The van der Waals surface area contributed by atoms with Crippen LogP contribution in [-0.4, -0.2) is 32.9 Å². The molecule has 0 radical (unpaired) electrons. The molecule has 0 aromatic heterocycles. The summed E-state index contributed by atoms with van der Waals surface area (Å²) >= 11 is -1.62. The first kappa shape index (κ1) is 66.5. The zero-order valence-electron chi connectivity index (χ0n) is 4.54. The summed E-state index contributed by atoms with van der Waals surface area (Å²) in [5.41, 5.74) is 0. The van der Waals surface area contributed by atoms with Gasteiger partial charge in [0.1, 0.15) is 0 Å². The third-order valence-corrected chi connectivity index (χ3v) is 0.